The molecule has 0 bridgehead atoms. The van der Waals surface area contributed by atoms with E-state index in [9.17, 15) is 18.5 Å². The van der Waals surface area contributed by atoms with Crippen LogP contribution >= 0.6 is 11.6 Å². The van der Waals surface area contributed by atoms with E-state index in [-0.39, 0.29) is 16.1 Å². The molecule has 2 rings (SSSR count). The highest BCUT2D eigenvalue weighted by Crippen LogP contribution is 2.35. The van der Waals surface area contributed by atoms with Crippen molar-refractivity contribution in [2.24, 2.45) is 0 Å². The van der Waals surface area contributed by atoms with Crippen LogP contribution in [-0.2, 0) is 10.0 Å². The molecule has 0 heterocycles. The van der Waals surface area contributed by atoms with Gasteiger partial charge in [0, 0.05) is 20.2 Å². The number of halogens is 1. The van der Waals surface area contributed by atoms with Crippen LogP contribution in [-0.4, -0.2) is 27.4 Å². The second-order valence-electron chi connectivity index (χ2n) is 5.32. The topological polar surface area (TPSA) is 92.5 Å². The maximum absolute atomic E-state index is 12.8. The predicted molar refractivity (Wildman–Crippen MR) is 94.4 cm³/mol. The zero-order valence-corrected chi connectivity index (χ0v) is 14.9. The number of rotatable bonds is 5. The monoisotopic (exact) mass is 369 g/mol. The summed E-state index contributed by atoms with van der Waals surface area (Å²) in [4.78, 5) is 11.8. The third kappa shape index (κ3) is 3.44. The number of hydrogen-bond acceptors (Lipinski definition) is 5. The normalized spacial score (nSPS) is 11.2. The van der Waals surface area contributed by atoms with Crippen LogP contribution in [0.1, 0.15) is 5.56 Å². The largest absolute Gasteiger partial charge is 0.375 e. The summed E-state index contributed by atoms with van der Waals surface area (Å²) in [5.74, 6) is 0. The maximum atomic E-state index is 12.8. The molecule has 0 spiro atoms. The molecule has 24 heavy (non-hydrogen) atoms. The summed E-state index contributed by atoms with van der Waals surface area (Å²) < 4.78 is 27.9. The average Bonchev–Trinajstić information content (AvgIpc) is 2.45. The van der Waals surface area contributed by atoms with Crippen molar-refractivity contribution in [1.82, 2.24) is 0 Å². The van der Waals surface area contributed by atoms with Gasteiger partial charge in [-0.05, 0) is 24.6 Å². The van der Waals surface area contributed by atoms with E-state index >= 15 is 0 Å². The number of benzene rings is 2. The molecular formula is C15H16ClN3O4S. The highest BCUT2D eigenvalue weighted by Gasteiger charge is 2.28. The molecule has 0 radical (unpaired) electrons. The molecule has 0 aliphatic rings. The van der Waals surface area contributed by atoms with Crippen LogP contribution in [0.4, 0.5) is 17.1 Å². The van der Waals surface area contributed by atoms with Gasteiger partial charge in [-0.15, -0.1) is 0 Å². The van der Waals surface area contributed by atoms with Crippen LogP contribution in [0.2, 0.25) is 5.02 Å². The number of nitrogens with one attached hydrogen (secondary N) is 1. The number of anilines is 2. The lowest BCUT2D eigenvalue weighted by molar-refractivity contribution is -0.387. The molecule has 2 aromatic carbocycles. The zero-order chi connectivity index (χ0) is 18.1. The summed E-state index contributed by atoms with van der Waals surface area (Å²) in [6.07, 6.45) is 0. The number of nitro benzene ring substituents is 1. The fourth-order valence-corrected chi connectivity index (χ4v) is 4.19. The second kappa shape index (κ2) is 6.66. The van der Waals surface area contributed by atoms with Crippen molar-refractivity contribution in [2.75, 3.05) is 23.7 Å². The molecule has 128 valence electrons. The van der Waals surface area contributed by atoms with E-state index in [1.54, 1.807) is 37.2 Å². The van der Waals surface area contributed by atoms with Crippen LogP contribution in [0.15, 0.2) is 41.3 Å². The molecule has 1 N–H and O–H groups in total. The molecule has 0 aliphatic carbocycles. The molecule has 0 aliphatic heterocycles. The highest BCUT2D eigenvalue weighted by molar-refractivity contribution is 7.93. The Kier molecular flexibility index (Phi) is 5.00. The smallest absolute Gasteiger partial charge is 0.290 e. The Morgan fingerprint density at radius 1 is 1.17 bits per heavy atom. The van der Waals surface area contributed by atoms with Crippen molar-refractivity contribution in [1.29, 1.82) is 0 Å². The lowest BCUT2D eigenvalue weighted by Crippen LogP contribution is -2.19. The number of aryl methyl sites for hydroxylation is 1. The molecule has 0 amide bonds. The van der Waals surface area contributed by atoms with Crippen LogP contribution < -0.4 is 9.62 Å². The lowest BCUT2D eigenvalue weighted by Gasteiger charge is -2.20. The minimum atomic E-state index is -4.17. The summed E-state index contributed by atoms with van der Waals surface area (Å²) in [7, 11) is -0.734. The molecule has 0 aromatic heterocycles. The molecule has 9 heteroatoms. The fourth-order valence-electron chi connectivity index (χ4n) is 2.38. The third-order valence-corrected chi connectivity index (χ3v) is 5.20. The van der Waals surface area contributed by atoms with Crippen molar-refractivity contribution in [3.63, 3.8) is 0 Å². The summed E-state index contributed by atoms with van der Waals surface area (Å²) in [5, 5.41) is 11.5. The van der Waals surface area contributed by atoms with E-state index in [0.29, 0.717) is 10.7 Å². The molecule has 0 atom stereocenters. The Balaban J connectivity index is 2.60. The summed E-state index contributed by atoms with van der Waals surface area (Å²) in [6, 6.07) is 8.88. The van der Waals surface area contributed by atoms with E-state index in [4.69, 9.17) is 11.6 Å². The van der Waals surface area contributed by atoms with Crippen LogP contribution in [0, 0.1) is 17.0 Å². The predicted octanol–water partition coefficient (Wildman–Crippen LogP) is 3.42. The standard InChI is InChI=1S/C15H16ClN3O4S/c1-10-6-4-9-13(19(20)21)15(10)24(22,23)17-12-8-5-7-11(16)14(12)18(2)3/h4-9,17H,1-3H3. The van der Waals surface area contributed by atoms with Crippen LogP contribution in [0.25, 0.3) is 0 Å². The summed E-state index contributed by atoms with van der Waals surface area (Å²) >= 11 is 6.13. The van der Waals surface area contributed by atoms with Crippen molar-refractivity contribution >= 4 is 38.7 Å². The van der Waals surface area contributed by atoms with Crippen molar-refractivity contribution in [3.8, 4) is 0 Å². The van der Waals surface area contributed by atoms with Gasteiger partial charge < -0.3 is 4.90 Å². The SMILES string of the molecule is Cc1cccc([N+](=O)[O-])c1S(=O)(=O)Nc1cccc(Cl)c1N(C)C. The Labute approximate surface area is 145 Å². The number of nitrogens with zero attached hydrogens (tertiary/aromatic N) is 2. The first kappa shape index (κ1) is 18.0. The number of para-hydroxylation sites is 1. The Hall–Kier alpha value is -2.32. The van der Waals surface area contributed by atoms with Gasteiger partial charge in [-0.1, -0.05) is 29.8 Å². The van der Waals surface area contributed by atoms with E-state index in [0.717, 1.165) is 6.07 Å². The third-order valence-electron chi connectivity index (χ3n) is 3.33. The Morgan fingerprint density at radius 2 is 1.79 bits per heavy atom. The molecule has 7 nitrogen and oxygen atoms in total. The number of hydrogen-bond donors (Lipinski definition) is 1. The lowest BCUT2D eigenvalue weighted by atomic mass is 10.2. The summed E-state index contributed by atoms with van der Waals surface area (Å²) in [6.45, 7) is 1.51. The molecule has 0 saturated carbocycles. The molecule has 0 saturated heterocycles. The van der Waals surface area contributed by atoms with Crippen LogP contribution in [0.3, 0.4) is 0 Å². The van der Waals surface area contributed by atoms with E-state index in [1.165, 1.54) is 19.1 Å². The first-order valence-electron chi connectivity index (χ1n) is 6.88. The average molecular weight is 370 g/mol. The Morgan fingerprint density at radius 3 is 2.38 bits per heavy atom. The molecular weight excluding hydrogens is 354 g/mol. The first-order chi connectivity index (χ1) is 11.1. The minimum absolute atomic E-state index is 0.241. The van der Waals surface area contributed by atoms with Crippen molar-refractivity contribution < 1.29 is 13.3 Å². The van der Waals surface area contributed by atoms with Gasteiger partial charge in [0.2, 0.25) is 0 Å². The van der Waals surface area contributed by atoms with Crippen molar-refractivity contribution in [2.45, 2.75) is 11.8 Å². The van der Waals surface area contributed by atoms with E-state index in [2.05, 4.69) is 4.72 Å². The van der Waals surface area contributed by atoms with Gasteiger partial charge >= 0.3 is 0 Å². The van der Waals surface area contributed by atoms with E-state index < -0.39 is 20.6 Å². The number of nitro groups is 1. The van der Waals surface area contributed by atoms with Gasteiger partial charge in [-0.2, -0.15) is 0 Å². The van der Waals surface area contributed by atoms with Gasteiger partial charge in [0.05, 0.1) is 21.3 Å². The van der Waals surface area contributed by atoms with Crippen molar-refractivity contribution in [3.05, 3.63) is 57.1 Å². The quantitative estimate of drug-likeness (QED) is 0.643. The zero-order valence-electron chi connectivity index (χ0n) is 13.3. The molecule has 0 unspecified atom stereocenters. The van der Waals surface area contributed by atoms with Gasteiger partial charge in [0.1, 0.15) is 0 Å². The van der Waals surface area contributed by atoms with Gasteiger partial charge in [-0.3, -0.25) is 14.8 Å². The first-order valence-corrected chi connectivity index (χ1v) is 8.74. The Bertz CT molecular complexity index is 898. The summed E-state index contributed by atoms with van der Waals surface area (Å²) in [5.41, 5.74) is 0.519. The highest BCUT2D eigenvalue weighted by atomic mass is 35.5. The van der Waals surface area contributed by atoms with Gasteiger partial charge in [0.25, 0.3) is 15.7 Å². The molecule has 0 fully saturated rings. The second-order valence-corrected chi connectivity index (χ2v) is 7.34. The fraction of sp³-hybridized carbons (Fsp3) is 0.200. The van der Waals surface area contributed by atoms with Crippen LogP contribution in [0.5, 0.6) is 0 Å². The van der Waals surface area contributed by atoms with Gasteiger partial charge in [0.15, 0.2) is 4.90 Å². The molecule has 2 aromatic rings. The van der Waals surface area contributed by atoms with Gasteiger partial charge in [-0.25, -0.2) is 8.42 Å². The number of sulfonamides is 1. The minimum Gasteiger partial charge on any atom is -0.375 e. The maximum Gasteiger partial charge on any atom is 0.290 e. The van der Waals surface area contributed by atoms with E-state index in [1.807, 2.05) is 0 Å².